The summed E-state index contributed by atoms with van der Waals surface area (Å²) in [6.07, 6.45) is 0. The summed E-state index contributed by atoms with van der Waals surface area (Å²) < 4.78 is 29.8. The molecule has 2 N–H and O–H groups in total. The summed E-state index contributed by atoms with van der Waals surface area (Å²) in [7, 11) is -3.79. The fraction of sp³-hybridized carbons (Fsp3) is 0.125. The molecular weight excluding hydrogens is 490 g/mol. The Balaban J connectivity index is 1.27. The van der Waals surface area contributed by atoms with E-state index in [9.17, 15) is 8.42 Å². The largest absolute Gasteiger partial charge is 0.368 e. The molecule has 0 aliphatic carbocycles. The van der Waals surface area contributed by atoms with Gasteiger partial charge in [0.2, 0.25) is 0 Å². The van der Waals surface area contributed by atoms with Gasteiger partial charge in [-0.15, -0.1) is 0 Å². The first-order valence-corrected chi connectivity index (χ1v) is 14.3. The Morgan fingerprint density at radius 2 is 1.21 bits per heavy atom. The van der Waals surface area contributed by atoms with Gasteiger partial charge < -0.3 is 10.2 Å². The molecule has 1 heterocycles. The van der Waals surface area contributed by atoms with Crippen LogP contribution in [0.15, 0.2) is 120 Å². The molecule has 0 amide bonds. The van der Waals surface area contributed by atoms with Crippen molar-refractivity contribution in [2.24, 2.45) is 0 Å². The average Bonchev–Trinajstić information content (AvgIpc) is 2.98. The van der Waals surface area contributed by atoms with Gasteiger partial charge in [-0.1, -0.05) is 84.9 Å². The van der Waals surface area contributed by atoms with E-state index in [4.69, 9.17) is 0 Å². The number of piperazine rings is 1. The number of hydrogen-bond donors (Lipinski definition) is 2. The lowest BCUT2D eigenvalue weighted by molar-refractivity contribution is 0.590. The quantitative estimate of drug-likeness (QED) is 0.273. The molecule has 0 spiro atoms. The third-order valence-corrected chi connectivity index (χ3v) is 8.49. The second kappa shape index (κ2) is 10.3. The van der Waals surface area contributed by atoms with Crippen molar-refractivity contribution >= 4 is 32.2 Å². The minimum atomic E-state index is -3.79. The van der Waals surface area contributed by atoms with Gasteiger partial charge in [-0.2, -0.15) is 0 Å². The lowest BCUT2D eigenvalue weighted by Gasteiger charge is -2.30. The van der Waals surface area contributed by atoms with Crippen LogP contribution in [0.4, 0.5) is 11.4 Å². The van der Waals surface area contributed by atoms with E-state index in [0.29, 0.717) is 5.69 Å². The molecule has 6 heteroatoms. The van der Waals surface area contributed by atoms with Crippen LogP contribution < -0.4 is 14.9 Å². The molecule has 38 heavy (non-hydrogen) atoms. The Kier molecular flexibility index (Phi) is 6.58. The fourth-order valence-corrected chi connectivity index (χ4v) is 6.39. The minimum absolute atomic E-state index is 0.284. The van der Waals surface area contributed by atoms with E-state index in [1.807, 2.05) is 78.9 Å². The number of nitrogens with one attached hydrogen (secondary N) is 2. The van der Waals surface area contributed by atoms with Crippen LogP contribution in [-0.4, -0.2) is 34.6 Å². The van der Waals surface area contributed by atoms with Gasteiger partial charge in [0.25, 0.3) is 10.0 Å². The molecule has 0 saturated carbocycles. The number of fused-ring (bicyclic) bond motifs is 1. The van der Waals surface area contributed by atoms with Crippen LogP contribution in [0.5, 0.6) is 0 Å². The number of hydrogen-bond acceptors (Lipinski definition) is 4. The van der Waals surface area contributed by atoms with E-state index in [0.717, 1.165) is 64.9 Å². The van der Waals surface area contributed by atoms with Gasteiger partial charge in [0.15, 0.2) is 0 Å². The second-order valence-electron chi connectivity index (χ2n) is 9.50. The maximum atomic E-state index is 13.5. The maximum absolute atomic E-state index is 13.5. The zero-order valence-corrected chi connectivity index (χ0v) is 21.8. The van der Waals surface area contributed by atoms with Crippen molar-refractivity contribution in [1.29, 1.82) is 0 Å². The summed E-state index contributed by atoms with van der Waals surface area (Å²) in [5.74, 6) is 0. The van der Waals surface area contributed by atoms with E-state index < -0.39 is 10.0 Å². The molecule has 0 radical (unpaired) electrons. The fourth-order valence-electron chi connectivity index (χ4n) is 5.12. The highest BCUT2D eigenvalue weighted by Crippen LogP contribution is 2.33. The van der Waals surface area contributed by atoms with Gasteiger partial charge in [-0.25, -0.2) is 8.42 Å². The van der Waals surface area contributed by atoms with E-state index in [-0.39, 0.29) is 4.90 Å². The topological polar surface area (TPSA) is 61.4 Å². The van der Waals surface area contributed by atoms with Crippen molar-refractivity contribution in [2.45, 2.75) is 4.90 Å². The van der Waals surface area contributed by atoms with Crippen molar-refractivity contribution in [1.82, 2.24) is 5.32 Å². The summed E-state index contributed by atoms with van der Waals surface area (Å²) in [5, 5.41) is 5.05. The van der Waals surface area contributed by atoms with Crippen molar-refractivity contribution in [2.75, 3.05) is 35.8 Å². The lowest BCUT2D eigenvalue weighted by atomic mass is 9.99. The molecule has 0 unspecified atom stereocenters. The van der Waals surface area contributed by atoms with Gasteiger partial charge in [-0.05, 0) is 52.6 Å². The third-order valence-electron chi connectivity index (χ3n) is 7.05. The number of sulfonamides is 1. The minimum Gasteiger partial charge on any atom is -0.368 e. The lowest BCUT2D eigenvalue weighted by Crippen LogP contribution is -2.43. The molecule has 190 valence electrons. The zero-order chi connectivity index (χ0) is 26.0. The molecule has 0 atom stereocenters. The van der Waals surface area contributed by atoms with E-state index in [1.54, 1.807) is 6.07 Å². The first-order valence-electron chi connectivity index (χ1n) is 12.8. The summed E-state index contributed by atoms with van der Waals surface area (Å²) >= 11 is 0. The molecule has 5 nitrogen and oxygen atoms in total. The van der Waals surface area contributed by atoms with Crippen LogP contribution in [0, 0.1) is 0 Å². The van der Waals surface area contributed by atoms with Gasteiger partial charge in [0.1, 0.15) is 0 Å². The second-order valence-corrected chi connectivity index (χ2v) is 11.1. The predicted molar refractivity (Wildman–Crippen MR) is 157 cm³/mol. The number of anilines is 2. The number of nitrogens with zero attached hydrogens (tertiary/aromatic N) is 1. The zero-order valence-electron chi connectivity index (χ0n) is 21.0. The molecule has 1 saturated heterocycles. The Hall–Kier alpha value is -4.13. The molecule has 1 aliphatic rings. The molecule has 0 aromatic heterocycles. The molecule has 5 aromatic rings. The maximum Gasteiger partial charge on any atom is 0.262 e. The van der Waals surface area contributed by atoms with Crippen LogP contribution in [0.3, 0.4) is 0 Å². The predicted octanol–water partition coefficient (Wildman–Crippen LogP) is 6.38. The number of benzene rings is 5. The molecule has 5 aromatic carbocycles. The van der Waals surface area contributed by atoms with Crippen LogP contribution in [0.1, 0.15) is 0 Å². The van der Waals surface area contributed by atoms with E-state index >= 15 is 0 Å². The highest BCUT2D eigenvalue weighted by molar-refractivity contribution is 7.93. The van der Waals surface area contributed by atoms with Gasteiger partial charge >= 0.3 is 0 Å². The van der Waals surface area contributed by atoms with Gasteiger partial charge in [0.05, 0.1) is 4.90 Å². The van der Waals surface area contributed by atoms with Crippen molar-refractivity contribution < 1.29 is 8.42 Å². The smallest absolute Gasteiger partial charge is 0.262 e. The summed E-state index contributed by atoms with van der Waals surface area (Å²) in [6.45, 7) is 3.63. The average molecular weight is 520 g/mol. The van der Waals surface area contributed by atoms with Crippen molar-refractivity contribution in [3.63, 3.8) is 0 Å². The first-order chi connectivity index (χ1) is 18.6. The van der Waals surface area contributed by atoms with Crippen LogP contribution in [0.2, 0.25) is 0 Å². The SMILES string of the molecule is O=S(=O)(Nc1ccc(-c2cccc(-c3ccccc3)c2)cc1)c1ccc(N2CCNCC2)c2ccccc12. The standard InChI is InChI=1S/C32H29N3O2S/c36-38(37,32-18-17-31(35-21-19-33-20-22-35)29-11-4-5-12-30(29)32)34-28-15-13-25(14-16-28)27-10-6-9-26(23-27)24-7-2-1-3-8-24/h1-18,23,33-34H,19-22H2. The molecule has 1 fully saturated rings. The molecule has 1 aliphatic heterocycles. The summed E-state index contributed by atoms with van der Waals surface area (Å²) in [5.41, 5.74) is 6.01. The summed E-state index contributed by atoms with van der Waals surface area (Å²) in [4.78, 5) is 2.60. The Morgan fingerprint density at radius 3 is 1.92 bits per heavy atom. The van der Waals surface area contributed by atoms with Gasteiger partial charge in [0, 0.05) is 48.3 Å². The van der Waals surface area contributed by atoms with Crippen molar-refractivity contribution in [3.05, 3.63) is 115 Å². The Labute approximate surface area is 223 Å². The van der Waals surface area contributed by atoms with Crippen LogP contribution in [0.25, 0.3) is 33.0 Å². The van der Waals surface area contributed by atoms with E-state index in [2.05, 4.69) is 45.3 Å². The summed E-state index contributed by atoms with van der Waals surface area (Å²) in [6, 6.07) is 37.6. The van der Waals surface area contributed by atoms with Crippen LogP contribution >= 0.6 is 0 Å². The Bertz CT molecular complexity index is 1680. The van der Waals surface area contributed by atoms with Crippen molar-refractivity contribution in [3.8, 4) is 22.3 Å². The van der Waals surface area contributed by atoms with E-state index in [1.165, 1.54) is 0 Å². The number of rotatable bonds is 6. The highest BCUT2D eigenvalue weighted by Gasteiger charge is 2.21. The monoisotopic (exact) mass is 519 g/mol. The molecular formula is C32H29N3O2S. The highest BCUT2D eigenvalue weighted by atomic mass is 32.2. The first kappa shape index (κ1) is 24.2. The molecule has 0 bridgehead atoms. The Morgan fingerprint density at radius 1 is 0.605 bits per heavy atom. The normalized spacial score (nSPS) is 13.9. The van der Waals surface area contributed by atoms with Gasteiger partial charge in [-0.3, -0.25) is 4.72 Å². The van der Waals surface area contributed by atoms with Crippen LogP contribution in [-0.2, 0) is 10.0 Å². The molecule has 6 rings (SSSR count). The third kappa shape index (κ3) is 4.88.